The van der Waals surface area contributed by atoms with E-state index in [0.717, 1.165) is 5.56 Å². The van der Waals surface area contributed by atoms with Crippen LogP contribution in [0, 0.1) is 22.7 Å². The van der Waals surface area contributed by atoms with Crippen LogP contribution in [0.1, 0.15) is 30.5 Å². The molecule has 0 radical (unpaired) electrons. The topological polar surface area (TPSA) is 101 Å². The van der Waals surface area contributed by atoms with Crippen molar-refractivity contribution in [2.75, 3.05) is 10.6 Å². The summed E-state index contributed by atoms with van der Waals surface area (Å²) in [7, 11) is 0. The van der Waals surface area contributed by atoms with Gasteiger partial charge in [-0.05, 0) is 43.7 Å². The first-order chi connectivity index (χ1) is 12.0. The maximum absolute atomic E-state index is 11.7. The molecule has 0 aliphatic rings. The molecule has 0 aromatic heterocycles. The minimum absolute atomic E-state index is 0.0676. The second-order valence-electron chi connectivity index (χ2n) is 5.76. The number of nitrogens with one attached hydrogen (secondary N) is 3. The van der Waals surface area contributed by atoms with E-state index >= 15 is 0 Å². The van der Waals surface area contributed by atoms with E-state index < -0.39 is 0 Å². The smallest absolute Gasteiger partial charge is 0.319 e. The van der Waals surface area contributed by atoms with Crippen LogP contribution in [-0.2, 0) is 6.54 Å². The largest absolute Gasteiger partial charge is 0.379 e. The van der Waals surface area contributed by atoms with Gasteiger partial charge in [0.1, 0.15) is 12.1 Å². The Bertz CT molecular complexity index is 796. The molecule has 0 spiro atoms. The molecule has 2 rings (SSSR count). The van der Waals surface area contributed by atoms with Crippen molar-refractivity contribution in [1.82, 2.24) is 5.32 Å². The Hall–Kier alpha value is -3.51. The van der Waals surface area contributed by atoms with Crippen LogP contribution in [0.2, 0.25) is 0 Å². The molecule has 0 aliphatic carbocycles. The van der Waals surface area contributed by atoms with Crippen LogP contribution >= 0.6 is 0 Å². The van der Waals surface area contributed by atoms with Crippen molar-refractivity contribution in [2.45, 2.75) is 26.4 Å². The second kappa shape index (κ2) is 8.37. The molecule has 2 aromatic rings. The van der Waals surface area contributed by atoms with E-state index in [1.165, 1.54) is 0 Å². The second-order valence-corrected chi connectivity index (χ2v) is 5.76. The molecule has 0 unspecified atom stereocenters. The average Bonchev–Trinajstić information content (AvgIpc) is 2.60. The number of benzene rings is 2. The van der Waals surface area contributed by atoms with Crippen molar-refractivity contribution in [3.05, 3.63) is 59.2 Å². The molecule has 0 bridgehead atoms. The van der Waals surface area contributed by atoms with E-state index in [-0.39, 0.29) is 12.1 Å². The van der Waals surface area contributed by atoms with Gasteiger partial charge in [-0.2, -0.15) is 10.5 Å². The van der Waals surface area contributed by atoms with E-state index in [2.05, 4.69) is 28.1 Å². The highest BCUT2D eigenvalue weighted by atomic mass is 16.2. The molecule has 6 nitrogen and oxygen atoms in total. The first-order valence-corrected chi connectivity index (χ1v) is 7.87. The van der Waals surface area contributed by atoms with Crippen LogP contribution in [0.25, 0.3) is 0 Å². The number of urea groups is 1. The normalized spacial score (nSPS) is 9.80. The van der Waals surface area contributed by atoms with Crippen LogP contribution in [-0.4, -0.2) is 12.1 Å². The molecule has 0 heterocycles. The van der Waals surface area contributed by atoms with Crippen molar-refractivity contribution >= 4 is 17.4 Å². The number of hydrogen-bond acceptors (Lipinski definition) is 4. The lowest BCUT2D eigenvalue weighted by Crippen LogP contribution is -2.34. The van der Waals surface area contributed by atoms with Gasteiger partial charge in [0.05, 0.1) is 16.8 Å². The molecule has 6 heteroatoms. The molecule has 3 N–H and O–H groups in total. The Balaban J connectivity index is 2.03. The molecule has 0 aliphatic heterocycles. The van der Waals surface area contributed by atoms with Gasteiger partial charge < -0.3 is 16.0 Å². The van der Waals surface area contributed by atoms with Crippen molar-refractivity contribution in [1.29, 1.82) is 10.5 Å². The Morgan fingerprint density at radius 2 is 1.64 bits per heavy atom. The van der Waals surface area contributed by atoms with Crippen molar-refractivity contribution in [2.24, 2.45) is 0 Å². The number of carbonyl (C=O) groups excluding carboxylic acids is 1. The highest BCUT2D eigenvalue weighted by molar-refractivity contribution is 5.89. The Morgan fingerprint density at radius 1 is 1.04 bits per heavy atom. The Labute approximate surface area is 147 Å². The van der Waals surface area contributed by atoms with Crippen LogP contribution in [0.5, 0.6) is 0 Å². The molecule has 2 aromatic carbocycles. The van der Waals surface area contributed by atoms with E-state index in [9.17, 15) is 15.3 Å². The summed E-state index contributed by atoms with van der Waals surface area (Å²) in [6.07, 6.45) is 0. The minimum Gasteiger partial charge on any atom is -0.379 e. The molecule has 0 atom stereocenters. The van der Waals surface area contributed by atoms with Gasteiger partial charge in [0.25, 0.3) is 0 Å². The maximum Gasteiger partial charge on any atom is 0.319 e. The van der Waals surface area contributed by atoms with Gasteiger partial charge in [-0.25, -0.2) is 4.79 Å². The lowest BCUT2D eigenvalue weighted by atomic mass is 10.1. The van der Waals surface area contributed by atoms with Crippen molar-refractivity contribution in [3.63, 3.8) is 0 Å². The summed E-state index contributed by atoms with van der Waals surface area (Å²) in [6.45, 7) is 4.25. The molecule has 2 amide bonds. The summed E-state index contributed by atoms with van der Waals surface area (Å²) in [5.41, 5.74) is 3.06. The predicted octanol–water partition coefficient (Wildman–Crippen LogP) is 3.57. The number of amides is 2. The fraction of sp³-hybridized carbons (Fsp3) is 0.211. The molecule has 25 heavy (non-hydrogen) atoms. The number of para-hydroxylation sites is 1. The fourth-order valence-corrected chi connectivity index (χ4v) is 2.25. The number of nitriles is 2. The van der Waals surface area contributed by atoms with Crippen LogP contribution in [0.15, 0.2) is 42.5 Å². The molecular weight excluding hydrogens is 314 g/mol. The van der Waals surface area contributed by atoms with E-state index in [4.69, 9.17) is 0 Å². The highest BCUT2D eigenvalue weighted by Crippen LogP contribution is 2.21. The van der Waals surface area contributed by atoms with Crippen LogP contribution in [0.4, 0.5) is 16.2 Å². The third kappa shape index (κ3) is 4.98. The standard InChI is InChI=1S/C19H19N5O/c1-13(2)23-19(25)24-17-8-6-14(7-9-17)12-22-18-15(10-20)4-3-5-16(18)11-21/h3-9,13,22H,12H2,1-2H3,(H2,23,24,25). The molecule has 0 saturated carbocycles. The summed E-state index contributed by atoms with van der Waals surface area (Å²) in [6, 6.07) is 16.4. The summed E-state index contributed by atoms with van der Waals surface area (Å²) in [5, 5.41) is 27.0. The van der Waals surface area contributed by atoms with Crippen LogP contribution in [0.3, 0.4) is 0 Å². The molecule has 126 valence electrons. The highest BCUT2D eigenvalue weighted by Gasteiger charge is 2.08. The zero-order valence-electron chi connectivity index (χ0n) is 14.1. The quantitative estimate of drug-likeness (QED) is 0.778. The van der Waals surface area contributed by atoms with Crippen molar-refractivity contribution < 1.29 is 4.79 Å². The number of anilines is 2. The minimum atomic E-state index is -0.248. The average molecular weight is 333 g/mol. The van der Waals surface area contributed by atoms with E-state index in [1.807, 2.05) is 26.0 Å². The van der Waals surface area contributed by atoms with Gasteiger partial charge >= 0.3 is 6.03 Å². The zero-order valence-corrected chi connectivity index (χ0v) is 14.1. The van der Waals surface area contributed by atoms with Gasteiger partial charge in [-0.3, -0.25) is 0 Å². The molecule has 0 saturated heterocycles. The Kier molecular flexibility index (Phi) is 5.97. The molecule has 0 fully saturated rings. The SMILES string of the molecule is CC(C)NC(=O)Nc1ccc(CNc2c(C#N)cccc2C#N)cc1. The first-order valence-electron chi connectivity index (χ1n) is 7.87. The van der Waals surface area contributed by atoms with Gasteiger partial charge in [-0.15, -0.1) is 0 Å². The number of nitrogens with zero attached hydrogens (tertiary/aromatic N) is 2. The van der Waals surface area contributed by atoms with Crippen LogP contribution < -0.4 is 16.0 Å². The number of carbonyl (C=O) groups is 1. The van der Waals surface area contributed by atoms with Gasteiger partial charge in [0.15, 0.2) is 0 Å². The number of rotatable bonds is 5. The summed E-state index contributed by atoms with van der Waals surface area (Å²) >= 11 is 0. The third-order valence-corrected chi connectivity index (χ3v) is 3.41. The zero-order chi connectivity index (χ0) is 18.2. The van der Waals surface area contributed by atoms with Crippen molar-refractivity contribution in [3.8, 4) is 12.1 Å². The van der Waals surface area contributed by atoms with Gasteiger partial charge in [0, 0.05) is 18.3 Å². The summed E-state index contributed by atoms with van der Waals surface area (Å²) in [4.78, 5) is 11.7. The molecular formula is C19H19N5O. The lowest BCUT2D eigenvalue weighted by molar-refractivity contribution is 0.250. The lowest BCUT2D eigenvalue weighted by Gasteiger charge is -2.12. The number of hydrogen-bond donors (Lipinski definition) is 3. The van der Waals surface area contributed by atoms with Gasteiger partial charge in [-0.1, -0.05) is 18.2 Å². The first kappa shape index (κ1) is 17.8. The summed E-state index contributed by atoms with van der Waals surface area (Å²) < 4.78 is 0. The predicted molar refractivity (Wildman–Crippen MR) is 96.9 cm³/mol. The Morgan fingerprint density at radius 3 is 2.16 bits per heavy atom. The van der Waals surface area contributed by atoms with Gasteiger partial charge in [0.2, 0.25) is 0 Å². The monoisotopic (exact) mass is 333 g/mol. The third-order valence-electron chi connectivity index (χ3n) is 3.41. The summed E-state index contributed by atoms with van der Waals surface area (Å²) in [5.74, 6) is 0. The fourth-order valence-electron chi connectivity index (χ4n) is 2.25. The van der Waals surface area contributed by atoms with E-state index in [1.54, 1.807) is 30.3 Å². The maximum atomic E-state index is 11.7. The van der Waals surface area contributed by atoms with E-state index in [0.29, 0.717) is 29.0 Å².